The molecule has 1 aliphatic carbocycles. The summed E-state index contributed by atoms with van der Waals surface area (Å²) in [5.74, 6) is -1.14. The number of nitrogens with zero attached hydrogens (tertiary/aromatic N) is 1. The first kappa shape index (κ1) is 12.4. The number of H-pyrrole nitrogens is 1. The molecule has 0 radical (unpaired) electrons. The van der Waals surface area contributed by atoms with Gasteiger partial charge >= 0.3 is 6.18 Å². The zero-order valence-electron chi connectivity index (χ0n) is 9.43. The Morgan fingerprint density at radius 1 is 1.41 bits per heavy atom. The Hall–Kier alpha value is -1.04. The fourth-order valence-corrected chi connectivity index (χ4v) is 2.31. The van der Waals surface area contributed by atoms with Crippen LogP contribution in [0.2, 0.25) is 0 Å². The maximum absolute atomic E-state index is 12.6. The van der Waals surface area contributed by atoms with E-state index in [-0.39, 0.29) is 18.9 Å². The monoisotopic (exact) mass is 247 g/mol. The minimum absolute atomic E-state index is 0.0429. The van der Waals surface area contributed by atoms with Gasteiger partial charge in [0.25, 0.3) is 0 Å². The quantitative estimate of drug-likeness (QED) is 0.862. The van der Waals surface area contributed by atoms with E-state index in [1.54, 1.807) is 6.20 Å². The fraction of sp³-hybridized carbons (Fsp3) is 0.727. The van der Waals surface area contributed by atoms with E-state index in [1.165, 1.54) is 0 Å². The van der Waals surface area contributed by atoms with Crippen LogP contribution >= 0.6 is 0 Å². The van der Waals surface area contributed by atoms with Crippen LogP contribution in [0.5, 0.6) is 0 Å². The second-order valence-electron chi connectivity index (χ2n) is 4.56. The lowest BCUT2D eigenvalue weighted by Crippen LogP contribution is -2.38. The second-order valence-corrected chi connectivity index (χ2v) is 4.56. The Morgan fingerprint density at radius 2 is 2.24 bits per heavy atom. The Bertz CT molecular complexity index is 334. The molecule has 0 aromatic carbocycles. The van der Waals surface area contributed by atoms with Gasteiger partial charge in [0, 0.05) is 24.5 Å². The number of hydrogen-bond donors (Lipinski definition) is 2. The molecule has 2 rings (SSSR count). The van der Waals surface area contributed by atoms with Crippen molar-refractivity contribution in [1.82, 2.24) is 15.5 Å². The normalized spacial score (nSPS) is 26.1. The molecule has 0 saturated heterocycles. The molecule has 2 atom stereocenters. The predicted molar refractivity (Wildman–Crippen MR) is 57.2 cm³/mol. The van der Waals surface area contributed by atoms with Crippen LogP contribution in [0.4, 0.5) is 13.2 Å². The van der Waals surface area contributed by atoms with Gasteiger partial charge < -0.3 is 5.32 Å². The van der Waals surface area contributed by atoms with Crippen molar-refractivity contribution in [1.29, 1.82) is 0 Å². The number of aromatic nitrogens is 2. The minimum atomic E-state index is -4.05. The van der Waals surface area contributed by atoms with E-state index in [1.807, 2.05) is 6.07 Å². The van der Waals surface area contributed by atoms with Crippen LogP contribution in [0.15, 0.2) is 12.3 Å². The number of nitrogens with one attached hydrogen (secondary N) is 2. The molecule has 2 N–H and O–H groups in total. The largest absolute Gasteiger partial charge is 0.391 e. The van der Waals surface area contributed by atoms with E-state index in [4.69, 9.17) is 0 Å². The highest BCUT2D eigenvalue weighted by atomic mass is 19.4. The molecule has 2 unspecified atom stereocenters. The first-order valence-electron chi connectivity index (χ1n) is 5.84. The lowest BCUT2D eigenvalue weighted by Gasteiger charge is -2.31. The Morgan fingerprint density at radius 3 is 2.88 bits per heavy atom. The van der Waals surface area contributed by atoms with E-state index in [9.17, 15) is 13.2 Å². The second kappa shape index (κ2) is 5.08. The van der Waals surface area contributed by atoms with Crippen molar-refractivity contribution >= 4 is 0 Å². The zero-order valence-corrected chi connectivity index (χ0v) is 9.43. The summed E-state index contributed by atoms with van der Waals surface area (Å²) in [5.41, 5.74) is 0.902. The van der Waals surface area contributed by atoms with Gasteiger partial charge in [-0.1, -0.05) is 6.42 Å². The van der Waals surface area contributed by atoms with Crippen molar-refractivity contribution in [2.45, 2.75) is 44.4 Å². The molecule has 1 aromatic rings. The molecular weight excluding hydrogens is 231 g/mol. The van der Waals surface area contributed by atoms with Gasteiger partial charge in [-0.05, 0) is 25.3 Å². The van der Waals surface area contributed by atoms with Gasteiger partial charge in [0.15, 0.2) is 0 Å². The molecule has 6 heteroatoms. The number of halogens is 3. The standard InChI is InChI=1S/C11H16F3N3/c12-11(13,14)8-2-1-3-9(6-8)15-7-10-4-5-16-17-10/h4-5,8-9,15H,1-3,6-7H2,(H,16,17). The predicted octanol–water partition coefficient (Wildman–Crippen LogP) is 2.62. The number of hydrogen-bond acceptors (Lipinski definition) is 2. The maximum atomic E-state index is 12.6. The summed E-state index contributed by atoms with van der Waals surface area (Å²) in [6.07, 6.45) is -0.486. The summed E-state index contributed by atoms with van der Waals surface area (Å²) in [7, 11) is 0. The smallest absolute Gasteiger partial charge is 0.308 e. The minimum Gasteiger partial charge on any atom is -0.308 e. The maximum Gasteiger partial charge on any atom is 0.391 e. The van der Waals surface area contributed by atoms with Crippen molar-refractivity contribution in [3.63, 3.8) is 0 Å². The van der Waals surface area contributed by atoms with Crippen molar-refractivity contribution in [3.8, 4) is 0 Å². The van der Waals surface area contributed by atoms with Gasteiger partial charge in [0.05, 0.1) is 5.92 Å². The van der Waals surface area contributed by atoms with Gasteiger partial charge in [0.1, 0.15) is 0 Å². The van der Waals surface area contributed by atoms with Gasteiger partial charge in [-0.15, -0.1) is 0 Å². The fourth-order valence-electron chi connectivity index (χ4n) is 2.31. The van der Waals surface area contributed by atoms with Crippen LogP contribution in [0.25, 0.3) is 0 Å². The van der Waals surface area contributed by atoms with Gasteiger partial charge in [-0.25, -0.2) is 0 Å². The van der Waals surface area contributed by atoms with Crippen LogP contribution in [0, 0.1) is 5.92 Å². The highest BCUT2D eigenvalue weighted by Gasteiger charge is 2.41. The molecular formula is C11H16F3N3. The molecule has 1 heterocycles. The molecule has 0 bridgehead atoms. The summed E-state index contributed by atoms with van der Waals surface area (Å²) < 4.78 is 37.8. The Kier molecular flexibility index (Phi) is 3.71. The topological polar surface area (TPSA) is 40.7 Å². The van der Waals surface area contributed by atoms with Gasteiger partial charge in [-0.2, -0.15) is 18.3 Å². The molecule has 3 nitrogen and oxygen atoms in total. The van der Waals surface area contributed by atoms with Crippen LogP contribution in [0.3, 0.4) is 0 Å². The summed E-state index contributed by atoms with van der Waals surface area (Å²) in [5, 5.41) is 9.73. The highest BCUT2D eigenvalue weighted by molar-refractivity contribution is 4.97. The van der Waals surface area contributed by atoms with E-state index in [0.29, 0.717) is 13.0 Å². The Balaban J connectivity index is 1.81. The highest BCUT2D eigenvalue weighted by Crippen LogP contribution is 2.37. The third kappa shape index (κ3) is 3.46. The first-order valence-corrected chi connectivity index (χ1v) is 5.84. The molecule has 0 amide bonds. The molecule has 1 saturated carbocycles. The van der Waals surface area contributed by atoms with Crippen LogP contribution in [0.1, 0.15) is 31.4 Å². The van der Waals surface area contributed by atoms with E-state index < -0.39 is 12.1 Å². The average Bonchev–Trinajstić information content (AvgIpc) is 2.78. The SMILES string of the molecule is FC(F)(F)C1CCCC(NCc2ccn[nH]2)C1. The van der Waals surface area contributed by atoms with Crippen molar-refractivity contribution in [2.24, 2.45) is 5.92 Å². The number of rotatable bonds is 3. The van der Waals surface area contributed by atoms with E-state index in [0.717, 1.165) is 12.1 Å². The van der Waals surface area contributed by atoms with E-state index in [2.05, 4.69) is 15.5 Å². The molecule has 96 valence electrons. The first-order chi connectivity index (χ1) is 8.05. The third-order valence-electron chi connectivity index (χ3n) is 3.28. The summed E-state index contributed by atoms with van der Waals surface area (Å²) in [6.45, 7) is 0.551. The lowest BCUT2D eigenvalue weighted by molar-refractivity contribution is -0.183. The molecule has 1 aliphatic rings. The molecule has 1 fully saturated rings. The molecule has 1 aromatic heterocycles. The summed E-state index contributed by atoms with van der Waals surface area (Å²) >= 11 is 0. The van der Waals surface area contributed by atoms with Crippen molar-refractivity contribution < 1.29 is 13.2 Å². The van der Waals surface area contributed by atoms with E-state index >= 15 is 0 Å². The van der Waals surface area contributed by atoms with Crippen LogP contribution in [-0.4, -0.2) is 22.4 Å². The zero-order chi connectivity index (χ0) is 12.3. The van der Waals surface area contributed by atoms with Crippen molar-refractivity contribution in [3.05, 3.63) is 18.0 Å². The van der Waals surface area contributed by atoms with Crippen LogP contribution < -0.4 is 5.32 Å². The third-order valence-corrected chi connectivity index (χ3v) is 3.28. The van der Waals surface area contributed by atoms with Crippen LogP contribution in [-0.2, 0) is 6.54 Å². The van der Waals surface area contributed by atoms with Gasteiger partial charge in [-0.3, -0.25) is 5.10 Å². The van der Waals surface area contributed by atoms with Gasteiger partial charge in [0.2, 0.25) is 0 Å². The number of aromatic amines is 1. The molecule has 0 spiro atoms. The molecule has 17 heavy (non-hydrogen) atoms. The summed E-state index contributed by atoms with van der Waals surface area (Å²) in [6, 6.07) is 1.77. The van der Waals surface area contributed by atoms with Crippen molar-refractivity contribution in [2.75, 3.05) is 0 Å². The molecule has 0 aliphatic heterocycles. The lowest BCUT2D eigenvalue weighted by atomic mass is 9.85. The Labute approximate surface area is 97.8 Å². The average molecular weight is 247 g/mol. The number of alkyl halides is 3. The summed E-state index contributed by atoms with van der Waals surface area (Å²) in [4.78, 5) is 0.